The SMILES string of the molecule is CN(C)c1nc(N/N=C\c2cc(Cl)ccc2O)nc(Nc2ccc(F)cc2)n1. The highest BCUT2D eigenvalue weighted by molar-refractivity contribution is 6.30. The Morgan fingerprint density at radius 2 is 1.79 bits per heavy atom. The van der Waals surface area contributed by atoms with E-state index in [1.54, 1.807) is 43.3 Å². The number of hydrogen-bond donors (Lipinski definition) is 3. The summed E-state index contributed by atoms with van der Waals surface area (Å²) in [5, 5.41) is 17.3. The van der Waals surface area contributed by atoms with Crippen LogP contribution < -0.4 is 15.6 Å². The highest BCUT2D eigenvalue weighted by atomic mass is 35.5. The van der Waals surface area contributed by atoms with E-state index in [1.807, 2.05) is 0 Å². The standard InChI is InChI=1S/C18H17ClFN7O/c1-27(2)18-24-16(22-14-6-4-13(20)5-7-14)23-17(25-18)26-21-10-11-9-12(19)3-8-15(11)28/h3-10,28H,1-2H3,(H2,22,23,24,25,26)/b21-10-. The van der Waals surface area contributed by atoms with Crippen molar-refractivity contribution >= 4 is 41.3 Å². The molecule has 3 aromatic rings. The van der Waals surface area contributed by atoms with Gasteiger partial charge < -0.3 is 15.3 Å². The average Bonchev–Trinajstić information content (AvgIpc) is 2.66. The van der Waals surface area contributed by atoms with Gasteiger partial charge in [-0.15, -0.1) is 0 Å². The second-order valence-electron chi connectivity index (χ2n) is 5.88. The maximum absolute atomic E-state index is 13.1. The lowest BCUT2D eigenvalue weighted by Gasteiger charge is -2.13. The van der Waals surface area contributed by atoms with Gasteiger partial charge in [0.25, 0.3) is 0 Å². The van der Waals surface area contributed by atoms with Crippen LogP contribution in [-0.4, -0.2) is 40.4 Å². The molecule has 1 heterocycles. The summed E-state index contributed by atoms with van der Waals surface area (Å²) >= 11 is 5.91. The Labute approximate surface area is 165 Å². The molecule has 0 atom stereocenters. The van der Waals surface area contributed by atoms with Crippen LogP contribution in [0.4, 0.5) is 27.9 Å². The van der Waals surface area contributed by atoms with Crippen molar-refractivity contribution in [3.63, 3.8) is 0 Å². The van der Waals surface area contributed by atoms with Gasteiger partial charge in [0.05, 0.1) is 6.21 Å². The van der Waals surface area contributed by atoms with Gasteiger partial charge in [-0.2, -0.15) is 20.1 Å². The lowest BCUT2D eigenvalue weighted by molar-refractivity contribution is 0.474. The van der Waals surface area contributed by atoms with E-state index in [0.717, 1.165) is 0 Å². The monoisotopic (exact) mass is 401 g/mol. The molecule has 0 radical (unpaired) electrons. The number of rotatable bonds is 6. The molecule has 10 heteroatoms. The number of benzene rings is 2. The van der Waals surface area contributed by atoms with Crippen molar-refractivity contribution < 1.29 is 9.50 Å². The Kier molecular flexibility index (Phi) is 5.85. The first kappa shape index (κ1) is 19.3. The van der Waals surface area contributed by atoms with Crippen molar-refractivity contribution in [3.8, 4) is 5.75 Å². The molecule has 0 amide bonds. The zero-order chi connectivity index (χ0) is 20.1. The maximum Gasteiger partial charge on any atom is 0.250 e. The van der Waals surface area contributed by atoms with Gasteiger partial charge in [0.15, 0.2) is 0 Å². The molecule has 1 aromatic heterocycles. The Morgan fingerprint density at radius 1 is 1.07 bits per heavy atom. The van der Waals surface area contributed by atoms with Gasteiger partial charge in [0.1, 0.15) is 11.6 Å². The quantitative estimate of drug-likeness (QED) is 0.428. The molecule has 3 N–H and O–H groups in total. The minimum atomic E-state index is -0.337. The number of halogens is 2. The third-order valence-corrected chi connectivity index (χ3v) is 3.72. The van der Waals surface area contributed by atoms with Crippen molar-refractivity contribution in [2.75, 3.05) is 29.7 Å². The number of anilines is 4. The molecule has 0 fully saturated rings. The van der Waals surface area contributed by atoms with E-state index in [2.05, 4.69) is 30.8 Å². The highest BCUT2D eigenvalue weighted by Gasteiger charge is 2.08. The van der Waals surface area contributed by atoms with E-state index in [1.165, 1.54) is 24.4 Å². The van der Waals surface area contributed by atoms with Crippen LogP contribution in [0.15, 0.2) is 47.6 Å². The fourth-order valence-electron chi connectivity index (χ4n) is 2.12. The summed E-state index contributed by atoms with van der Waals surface area (Å²) in [7, 11) is 3.57. The molecule has 144 valence electrons. The number of nitrogens with one attached hydrogen (secondary N) is 2. The smallest absolute Gasteiger partial charge is 0.250 e. The topological polar surface area (TPSA) is 98.6 Å². The van der Waals surface area contributed by atoms with Crippen molar-refractivity contribution in [1.29, 1.82) is 0 Å². The first-order chi connectivity index (χ1) is 13.4. The van der Waals surface area contributed by atoms with E-state index >= 15 is 0 Å². The van der Waals surface area contributed by atoms with Crippen LogP contribution in [0, 0.1) is 5.82 Å². The van der Waals surface area contributed by atoms with Crippen molar-refractivity contribution in [3.05, 3.63) is 58.9 Å². The molecule has 0 saturated heterocycles. The summed E-state index contributed by atoms with van der Waals surface area (Å²) in [6.07, 6.45) is 1.40. The number of phenols is 1. The van der Waals surface area contributed by atoms with Crippen molar-refractivity contribution in [1.82, 2.24) is 15.0 Å². The molecule has 8 nitrogen and oxygen atoms in total. The maximum atomic E-state index is 13.1. The van der Waals surface area contributed by atoms with Crippen LogP contribution in [0.2, 0.25) is 5.02 Å². The summed E-state index contributed by atoms with van der Waals surface area (Å²) < 4.78 is 13.1. The predicted molar refractivity (Wildman–Crippen MR) is 108 cm³/mol. The van der Waals surface area contributed by atoms with Crippen LogP contribution in [0.3, 0.4) is 0 Å². The van der Waals surface area contributed by atoms with Crippen LogP contribution in [0.1, 0.15) is 5.56 Å². The second-order valence-corrected chi connectivity index (χ2v) is 6.32. The summed E-state index contributed by atoms with van der Waals surface area (Å²) in [4.78, 5) is 14.5. The lowest BCUT2D eigenvalue weighted by Crippen LogP contribution is -2.15. The van der Waals surface area contributed by atoms with Crippen molar-refractivity contribution in [2.45, 2.75) is 0 Å². The third-order valence-electron chi connectivity index (χ3n) is 3.48. The third kappa shape index (κ3) is 5.04. The van der Waals surface area contributed by atoms with Gasteiger partial charge in [0.2, 0.25) is 17.8 Å². The zero-order valence-electron chi connectivity index (χ0n) is 15.1. The fraction of sp³-hybridized carbons (Fsp3) is 0.111. The van der Waals surface area contributed by atoms with Crippen LogP contribution in [0.5, 0.6) is 5.75 Å². The molecule has 0 aliphatic heterocycles. The minimum absolute atomic E-state index is 0.0400. The largest absolute Gasteiger partial charge is 0.507 e. The summed E-state index contributed by atoms with van der Waals surface area (Å²) in [5.74, 6) is 0.534. The zero-order valence-corrected chi connectivity index (χ0v) is 15.8. The number of aromatic hydroxyl groups is 1. The molecule has 0 aliphatic carbocycles. The lowest BCUT2D eigenvalue weighted by atomic mass is 10.2. The van der Waals surface area contributed by atoms with Gasteiger partial charge in [-0.25, -0.2) is 9.82 Å². The van der Waals surface area contributed by atoms with Crippen LogP contribution in [0.25, 0.3) is 0 Å². The van der Waals surface area contributed by atoms with Gasteiger partial charge in [-0.05, 0) is 42.5 Å². The molecule has 0 saturated carbocycles. The Bertz CT molecular complexity index is 996. The molecule has 0 aliphatic rings. The fourth-order valence-corrected chi connectivity index (χ4v) is 2.30. The number of aromatic nitrogens is 3. The summed E-state index contributed by atoms with van der Waals surface area (Å²) in [6, 6.07) is 10.4. The van der Waals surface area contributed by atoms with E-state index in [4.69, 9.17) is 11.6 Å². The molecular weight excluding hydrogens is 385 g/mol. The molecule has 0 spiro atoms. The molecule has 3 rings (SSSR count). The highest BCUT2D eigenvalue weighted by Crippen LogP contribution is 2.20. The normalized spacial score (nSPS) is 10.9. The first-order valence-corrected chi connectivity index (χ1v) is 8.52. The van der Waals surface area contributed by atoms with Gasteiger partial charge in [-0.1, -0.05) is 11.6 Å². The molecule has 28 heavy (non-hydrogen) atoms. The Hall–Kier alpha value is -3.46. The first-order valence-electron chi connectivity index (χ1n) is 8.14. The number of phenolic OH excluding ortho intramolecular Hbond substituents is 1. The van der Waals surface area contributed by atoms with Crippen molar-refractivity contribution in [2.24, 2.45) is 5.10 Å². The Balaban J connectivity index is 1.81. The van der Waals surface area contributed by atoms with Gasteiger partial charge in [-0.3, -0.25) is 0 Å². The van der Waals surface area contributed by atoms with E-state index in [9.17, 15) is 9.50 Å². The molecule has 0 bridgehead atoms. The number of hydrogen-bond acceptors (Lipinski definition) is 8. The van der Waals surface area contributed by atoms with Gasteiger partial charge >= 0.3 is 0 Å². The predicted octanol–water partition coefficient (Wildman–Crippen LogP) is 3.63. The Morgan fingerprint density at radius 3 is 2.50 bits per heavy atom. The number of hydrazone groups is 1. The van der Waals surface area contributed by atoms with E-state index in [-0.39, 0.29) is 23.5 Å². The summed E-state index contributed by atoms with van der Waals surface area (Å²) in [5.41, 5.74) is 3.75. The van der Waals surface area contributed by atoms with E-state index in [0.29, 0.717) is 22.2 Å². The minimum Gasteiger partial charge on any atom is -0.507 e. The number of nitrogens with zero attached hydrogens (tertiary/aromatic N) is 5. The van der Waals surface area contributed by atoms with Crippen LogP contribution in [-0.2, 0) is 0 Å². The average molecular weight is 402 g/mol. The molecule has 2 aromatic carbocycles. The van der Waals surface area contributed by atoms with Crippen LogP contribution >= 0.6 is 11.6 Å². The van der Waals surface area contributed by atoms with E-state index < -0.39 is 0 Å². The second kappa shape index (κ2) is 8.49. The molecular formula is C18H17ClFN7O. The molecule has 0 unspecified atom stereocenters. The summed E-state index contributed by atoms with van der Waals surface area (Å²) in [6.45, 7) is 0. The van der Waals surface area contributed by atoms with Gasteiger partial charge in [0, 0.05) is 30.4 Å².